The number of methoxy groups -OCH3 is 1. The Hall–Kier alpha value is -2.80. The largest absolute Gasteiger partial charge is 0.493 e. The lowest BCUT2D eigenvalue weighted by Gasteiger charge is -2.28. The normalized spacial score (nSPS) is 13.9. The van der Waals surface area contributed by atoms with Crippen LogP contribution in [-0.2, 0) is 11.3 Å². The van der Waals surface area contributed by atoms with Gasteiger partial charge in [0.15, 0.2) is 11.5 Å². The molecule has 0 saturated carbocycles. The fourth-order valence-corrected chi connectivity index (χ4v) is 3.15. The number of rotatable bonds is 9. The fraction of sp³-hybridized carbons (Fsp3) is 0.478. The summed E-state index contributed by atoms with van der Waals surface area (Å²) in [4.78, 5) is 19.3. The number of amides is 1. The molecule has 0 bridgehead atoms. The predicted molar refractivity (Wildman–Crippen MR) is 116 cm³/mol. The van der Waals surface area contributed by atoms with E-state index in [0.29, 0.717) is 49.3 Å². The van der Waals surface area contributed by atoms with Crippen molar-refractivity contribution in [2.75, 3.05) is 44.9 Å². The second-order valence-corrected chi connectivity index (χ2v) is 7.70. The number of hydrogen-bond donors (Lipinski definition) is 1. The zero-order chi connectivity index (χ0) is 21.3. The van der Waals surface area contributed by atoms with Crippen LogP contribution in [0.2, 0.25) is 0 Å². The van der Waals surface area contributed by atoms with Crippen LogP contribution in [0.25, 0.3) is 0 Å². The third-order valence-electron chi connectivity index (χ3n) is 4.98. The van der Waals surface area contributed by atoms with Crippen LogP contribution >= 0.6 is 0 Å². The van der Waals surface area contributed by atoms with E-state index in [9.17, 15) is 4.79 Å². The first-order valence-electron chi connectivity index (χ1n) is 10.4. The first-order chi connectivity index (χ1) is 14.6. The Kier molecular flexibility index (Phi) is 7.90. The molecule has 2 heterocycles. The van der Waals surface area contributed by atoms with Crippen molar-refractivity contribution in [1.29, 1.82) is 0 Å². The lowest BCUT2D eigenvalue weighted by molar-refractivity contribution is 0.0950. The van der Waals surface area contributed by atoms with E-state index >= 15 is 0 Å². The summed E-state index contributed by atoms with van der Waals surface area (Å²) in [7, 11) is 1.58. The molecule has 0 radical (unpaired) electrons. The molecule has 2 aromatic rings. The lowest BCUT2D eigenvalue weighted by atomic mass is 10.1. The fourth-order valence-electron chi connectivity index (χ4n) is 3.15. The first kappa shape index (κ1) is 21.9. The SMILES string of the molecule is COc1cc(C(=O)NCc2ccnc(N3CCOCC3)c2)ccc1OCCC(C)C. The number of carbonyl (C=O) groups excluding carboxylic acids is 1. The molecule has 0 atom stereocenters. The molecule has 3 rings (SSSR count). The highest BCUT2D eigenvalue weighted by Gasteiger charge is 2.14. The topological polar surface area (TPSA) is 72.9 Å². The van der Waals surface area contributed by atoms with E-state index in [-0.39, 0.29) is 5.91 Å². The van der Waals surface area contributed by atoms with Crippen molar-refractivity contribution >= 4 is 11.7 Å². The van der Waals surface area contributed by atoms with Gasteiger partial charge in [0.2, 0.25) is 0 Å². The molecule has 7 heteroatoms. The van der Waals surface area contributed by atoms with Crippen LogP contribution in [0.3, 0.4) is 0 Å². The summed E-state index contributed by atoms with van der Waals surface area (Å²) in [6, 6.07) is 9.19. The van der Waals surface area contributed by atoms with E-state index in [4.69, 9.17) is 14.2 Å². The first-order valence-corrected chi connectivity index (χ1v) is 10.4. The molecule has 1 fully saturated rings. The molecule has 1 N–H and O–H groups in total. The van der Waals surface area contributed by atoms with E-state index < -0.39 is 0 Å². The van der Waals surface area contributed by atoms with Crippen molar-refractivity contribution in [2.24, 2.45) is 5.92 Å². The Morgan fingerprint density at radius 1 is 1.20 bits per heavy atom. The number of ether oxygens (including phenoxy) is 3. The molecule has 0 aliphatic carbocycles. The van der Waals surface area contributed by atoms with E-state index in [0.717, 1.165) is 30.9 Å². The Bertz CT molecular complexity index is 835. The summed E-state index contributed by atoms with van der Waals surface area (Å²) in [5.74, 6) is 2.53. The molecule has 0 spiro atoms. The van der Waals surface area contributed by atoms with E-state index in [1.165, 1.54) is 0 Å². The van der Waals surface area contributed by atoms with Gasteiger partial charge in [-0.3, -0.25) is 4.79 Å². The average molecular weight is 414 g/mol. The molecule has 1 aromatic carbocycles. The number of carbonyl (C=O) groups is 1. The van der Waals surface area contributed by atoms with E-state index in [1.54, 1.807) is 31.5 Å². The van der Waals surface area contributed by atoms with Crippen LogP contribution in [0.15, 0.2) is 36.5 Å². The van der Waals surface area contributed by atoms with Crippen LogP contribution in [0.4, 0.5) is 5.82 Å². The highest BCUT2D eigenvalue weighted by atomic mass is 16.5. The molecule has 7 nitrogen and oxygen atoms in total. The second-order valence-electron chi connectivity index (χ2n) is 7.70. The maximum atomic E-state index is 12.6. The number of morpholine rings is 1. The van der Waals surface area contributed by atoms with Crippen LogP contribution < -0.4 is 19.7 Å². The van der Waals surface area contributed by atoms with Crippen LogP contribution in [0.1, 0.15) is 36.2 Å². The lowest BCUT2D eigenvalue weighted by Crippen LogP contribution is -2.36. The Balaban J connectivity index is 1.59. The minimum atomic E-state index is -0.160. The highest BCUT2D eigenvalue weighted by Crippen LogP contribution is 2.28. The molecular formula is C23H31N3O4. The second kappa shape index (κ2) is 10.8. The van der Waals surface area contributed by atoms with Crippen molar-refractivity contribution in [2.45, 2.75) is 26.8 Å². The number of nitrogens with zero attached hydrogens (tertiary/aromatic N) is 2. The van der Waals surface area contributed by atoms with Gasteiger partial charge in [0.05, 0.1) is 26.9 Å². The summed E-state index contributed by atoms with van der Waals surface area (Å²) in [5.41, 5.74) is 1.53. The van der Waals surface area contributed by atoms with Crippen LogP contribution in [0, 0.1) is 5.92 Å². The molecule has 0 unspecified atom stereocenters. The van der Waals surface area contributed by atoms with Gasteiger partial charge in [0.25, 0.3) is 5.91 Å². The van der Waals surface area contributed by atoms with Gasteiger partial charge in [0, 0.05) is 31.4 Å². The molecule has 162 valence electrons. The number of benzene rings is 1. The number of pyridine rings is 1. The average Bonchev–Trinajstić information content (AvgIpc) is 2.78. The van der Waals surface area contributed by atoms with Crippen molar-refractivity contribution < 1.29 is 19.0 Å². The molecule has 1 amide bonds. The van der Waals surface area contributed by atoms with Gasteiger partial charge in [-0.2, -0.15) is 0 Å². The molecule has 1 aliphatic heterocycles. The summed E-state index contributed by atoms with van der Waals surface area (Å²) < 4.78 is 16.6. The maximum Gasteiger partial charge on any atom is 0.251 e. The van der Waals surface area contributed by atoms with Crippen molar-refractivity contribution in [1.82, 2.24) is 10.3 Å². The maximum absolute atomic E-state index is 12.6. The third-order valence-corrected chi connectivity index (χ3v) is 4.98. The predicted octanol–water partition coefficient (Wildman–Crippen LogP) is 3.28. The molecule has 1 aliphatic rings. The van der Waals surface area contributed by atoms with Crippen molar-refractivity contribution in [3.05, 3.63) is 47.7 Å². The number of aromatic nitrogens is 1. The van der Waals surface area contributed by atoms with Gasteiger partial charge < -0.3 is 24.4 Å². The standard InChI is InChI=1S/C23H31N3O4/c1-17(2)7-11-30-20-5-4-19(15-21(20)28-3)23(27)25-16-18-6-8-24-22(14-18)26-9-12-29-13-10-26/h4-6,8,14-15,17H,7,9-13,16H2,1-3H3,(H,25,27). The Morgan fingerprint density at radius 2 is 2.00 bits per heavy atom. The molecular weight excluding hydrogens is 382 g/mol. The smallest absolute Gasteiger partial charge is 0.251 e. The monoisotopic (exact) mass is 413 g/mol. The number of anilines is 1. The Labute approximate surface area is 178 Å². The summed E-state index contributed by atoms with van der Waals surface area (Å²) in [5, 5.41) is 2.97. The minimum absolute atomic E-state index is 0.160. The Morgan fingerprint density at radius 3 is 2.73 bits per heavy atom. The minimum Gasteiger partial charge on any atom is -0.493 e. The van der Waals surface area contributed by atoms with E-state index in [2.05, 4.69) is 29.0 Å². The molecule has 30 heavy (non-hydrogen) atoms. The van der Waals surface area contributed by atoms with Gasteiger partial charge in [-0.15, -0.1) is 0 Å². The number of nitrogens with one attached hydrogen (secondary N) is 1. The quantitative estimate of drug-likeness (QED) is 0.680. The zero-order valence-electron chi connectivity index (χ0n) is 18.0. The van der Waals surface area contributed by atoms with Crippen molar-refractivity contribution in [3.8, 4) is 11.5 Å². The third kappa shape index (κ3) is 6.10. The summed E-state index contributed by atoms with van der Waals surface area (Å²) in [6.07, 6.45) is 2.74. The summed E-state index contributed by atoms with van der Waals surface area (Å²) >= 11 is 0. The van der Waals surface area contributed by atoms with Crippen LogP contribution in [-0.4, -0.2) is 50.9 Å². The van der Waals surface area contributed by atoms with Gasteiger partial charge in [-0.25, -0.2) is 4.98 Å². The molecule has 1 saturated heterocycles. The van der Waals surface area contributed by atoms with Gasteiger partial charge >= 0.3 is 0 Å². The zero-order valence-corrected chi connectivity index (χ0v) is 18.0. The number of hydrogen-bond acceptors (Lipinski definition) is 6. The highest BCUT2D eigenvalue weighted by molar-refractivity contribution is 5.94. The van der Waals surface area contributed by atoms with E-state index in [1.807, 2.05) is 12.1 Å². The van der Waals surface area contributed by atoms with Gasteiger partial charge in [0.1, 0.15) is 5.82 Å². The molecule has 1 aromatic heterocycles. The van der Waals surface area contributed by atoms with Gasteiger partial charge in [-0.05, 0) is 48.2 Å². The van der Waals surface area contributed by atoms with Crippen LogP contribution in [0.5, 0.6) is 11.5 Å². The van der Waals surface area contributed by atoms with Crippen molar-refractivity contribution in [3.63, 3.8) is 0 Å². The summed E-state index contributed by atoms with van der Waals surface area (Å²) in [6.45, 7) is 8.42. The van der Waals surface area contributed by atoms with Gasteiger partial charge in [-0.1, -0.05) is 13.8 Å².